The molecule has 1 N–H and O–H groups in total. The van der Waals surface area contributed by atoms with Gasteiger partial charge >= 0.3 is 0 Å². The number of carbonyl (C=O) groups is 1. The lowest BCUT2D eigenvalue weighted by Crippen LogP contribution is -2.36. The first kappa shape index (κ1) is 14.1. The number of aromatic nitrogens is 1. The van der Waals surface area contributed by atoms with Crippen LogP contribution in [0.4, 0.5) is 5.82 Å². The molecule has 1 aliphatic heterocycles. The first-order valence-corrected chi connectivity index (χ1v) is 6.68. The molecule has 0 spiro atoms. The maximum atomic E-state index is 11.9. The number of hydrogen-bond acceptors (Lipinski definition) is 4. The molecule has 0 aromatic carbocycles. The number of carbonyl (C=O) groups excluding carboxylic acids is 1. The SMILES string of the molecule is CN(C)C(=O)c1ccc(N2CCC(O)CC2)nc1Cl. The maximum absolute atomic E-state index is 11.9. The Morgan fingerprint density at radius 2 is 2.05 bits per heavy atom. The van der Waals surface area contributed by atoms with Crippen LogP contribution in [0.5, 0.6) is 0 Å². The van der Waals surface area contributed by atoms with Crippen molar-refractivity contribution in [2.45, 2.75) is 18.9 Å². The lowest BCUT2D eigenvalue weighted by atomic mass is 10.1. The van der Waals surface area contributed by atoms with Crippen LogP contribution in [0.2, 0.25) is 5.15 Å². The molecule has 6 heteroatoms. The first-order chi connectivity index (χ1) is 8.99. The van der Waals surface area contributed by atoms with E-state index in [1.807, 2.05) is 0 Å². The van der Waals surface area contributed by atoms with E-state index in [1.54, 1.807) is 26.2 Å². The monoisotopic (exact) mass is 283 g/mol. The number of pyridine rings is 1. The highest BCUT2D eigenvalue weighted by molar-refractivity contribution is 6.32. The van der Waals surface area contributed by atoms with Gasteiger partial charge in [0.2, 0.25) is 0 Å². The second-order valence-electron chi connectivity index (χ2n) is 4.93. The molecular formula is C13H18ClN3O2. The molecule has 1 saturated heterocycles. The Hall–Kier alpha value is -1.33. The number of piperidine rings is 1. The van der Waals surface area contributed by atoms with Crippen LogP contribution in [0.1, 0.15) is 23.2 Å². The highest BCUT2D eigenvalue weighted by atomic mass is 35.5. The predicted molar refractivity (Wildman–Crippen MR) is 74.7 cm³/mol. The van der Waals surface area contributed by atoms with Crippen molar-refractivity contribution in [3.05, 3.63) is 22.8 Å². The number of nitrogens with zero attached hydrogens (tertiary/aromatic N) is 3. The number of halogens is 1. The topological polar surface area (TPSA) is 56.7 Å². The van der Waals surface area contributed by atoms with Gasteiger partial charge in [-0.3, -0.25) is 4.79 Å². The van der Waals surface area contributed by atoms with Gasteiger partial charge < -0.3 is 14.9 Å². The van der Waals surface area contributed by atoms with Crippen molar-refractivity contribution in [3.8, 4) is 0 Å². The summed E-state index contributed by atoms with van der Waals surface area (Å²) < 4.78 is 0. The third kappa shape index (κ3) is 3.16. The second kappa shape index (κ2) is 5.75. The summed E-state index contributed by atoms with van der Waals surface area (Å²) in [6, 6.07) is 3.51. The van der Waals surface area contributed by atoms with Crippen LogP contribution in [-0.2, 0) is 0 Å². The van der Waals surface area contributed by atoms with Crippen LogP contribution in [0.25, 0.3) is 0 Å². The van der Waals surface area contributed by atoms with Crippen molar-refractivity contribution in [3.63, 3.8) is 0 Å². The van der Waals surface area contributed by atoms with Crippen molar-refractivity contribution in [2.24, 2.45) is 0 Å². The van der Waals surface area contributed by atoms with Gasteiger partial charge in [-0.05, 0) is 25.0 Å². The quantitative estimate of drug-likeness (QED) is 0.834. The zero-order valence-electron chi connectivity index (χ0n) is 11.1. The molecular weight excluding hydrogens is 266 g/mol. The van der Waals surface area contributed by atoms with E-state index in [1.165, 1.54) is 4.90 Å². The van der Waals surface area contributed by atoms with Crippen molar-refractivity contribution < 1.29 is 9.90 Å². The summed E-state index contributed by atoms with van der Waals surface area (Å²) in [5.74, 6) is 0.602. The van der Waals surface area contributed by atoms with Gasteiger partial charge in [0.25, 0.3) is 5.91 Å². The normalized spacial score (nSPS) is 16.5. The van der Waals surface area contributed by atoms with E-state index in [0.717, 1.165) is 31.7 Å². The molecule has 1 aromatic heterocycles. The second-order valence-corrected chi connectivity index (χ2v) is 5.28. The van der Waals surface area contributed by atoms with Gasteiger partial charge in [0.15, 0.2) is 0 Å². The molecule has 0 bridgehead atoms. The van der Waals surface area contributed by atoms with E-state index in [4.69, 9.17) is 11.6 Å². The smallest absolute Gasteiger partial charge is 0.256 e. The molecule has 1 aromatic rings. The Bertz CT molecular complexity index is 471. The van der Waals surface area contributed by atoms with Crippen molar-refractivity contribution >= 4 is 23.3 Å². The zero-order valence-corrected chi connectivity index (χ0v) is 11.9. The van der Waals surface area contributed by atoms with Crippen LogP contribution in [0.15, 0.2) is 12.1 Å². The fraction of sp³-hybridized carbons (Fsp3) is 0.538. The lowest BCUT2D eigenvalue weighted by molar-refractivity contribution is 0.0827. The van der Waals surface area contributed by atoms with Gasteiger partial charge in [0, 0.05) is 27.2 Å². The number of aliphatic hydroxyl groups excluding tert-OH is 1. The number of anilines is 1. The van der Waals surface area contributed by atoms with E-state index in [2.05, 4.69) is 9.88 Å². The summed E-state index contributed by atoms with van der Waals surface area (Å²) in [5, 5.41) is 9.71. The van der Waals surface area contributed by atoms with Crippen molar-refractivity contribution in [1.29, 1.82) is 0 Å². The number of amides is 1. The van der Waals surface area contributed by atoms with Gasteiger partial charge in [-0.15, -0.1) is 0 Å². The molecule has 104 valence electrons. The average molecular weight is 284 g/mol. The Morgan fingerprint density at radius 1 is 1.42 bits per heavy atom. The Balaban J connectivity index is 2.17. The maximum Gasteiger partial charge on any atom is 0.256 e. The van der Waals surface area contributed by atoms with E-state index in [9.17, 15) is 9.90 Å². The molecule has 0 saturated carbocycles. The fourth-order valence-electron chi connectivity index (χ4n) is 2.10. The van der Waals surface area contributed by atoms with E-state index in [-0.39, 0.29) is 17.2 Å². The minimum absolute atomic E-state index is 0.155. The molecule has 0 atom stereocenters. The number of rotatable bonds is 2. The fourth-order valence-corrected chi connectivity index (χ4v) is 2.33. The van der Waals surface area contributed by atoms with E-state index in [0.29, 0.717) is 5.56 Å². The minimum atomic E-state index is -0.221. The van der Waals surface area contributed by atoms with Crippen LogP contribution in [0, 0.1) is 0 Å². The molecule has 0 unspecified atom stereocenters. The summed E-state index contributed by atoms with van der Waals surface area (Å²) in [7, 11) is 3.36. The first-order valence-electron chi connectivity index (χ1n) is 6.30. The third-order valence-corrected chi connectivity index (χ3v) is 3.55. The molecule has 0 radical (unpaired) electrons. The molecule has 2 rings (SSSR count). The molecule has 1 fully saturated rings. The summed E-state index contributed by atoms with van der Waals surface area (Å²) in [6.07, 6.45) is 1.25. The highest BCUT2D eigenvalue weighted by Crippen LogP contribution is 2.23. The molecule has 1 aliphatic rings. The summed E-state index contributed by atoms with van der Waals surface area (Å²) >= 11 is 6.08. The molecule has 5 nitrogen and oxygen atoms in total. The largest absolute Gasteiger partial charge is 0.393 e. The van der Waals surface area contributed by atoms with Gasteiger partial charge in [-0.1, -0.05) is 11.6 Å². The van der Waals surface area contributed by atoms with E-state index >= 15 is 0 Å². The zero-order chi connectivity index (χ0) is 14.0. The van der Waals surface area contributed by atoms with Gasteiger partial charge in [0.1, 0.15) is 11.0 Å². The van der Waals surface area contributed by atoms with Crippen molar-refractivity contribution in [2.75, 3.05) is 32.1 Å². The van der Waals surface area contributed by atoms with E-state index < -0.39 is 0 Å². The number of hydrogen-bond donors (Lipinski definition) is 1. The van der Waals surface area contributed by atoms with Gasteiger partial charge in [-0.25, -0.2) is 4.98 Å². The molecule has 19 heavy (non-hydrogen) atoms. The third-order valence-electron chi connectivity index (χ3n) is 3.26. The summed E-state index contributed by atoms with van der Waals surface area (Å²) in [5.41, 5.74) is 0.410. The number of aliphatic hydroxyl groups is 1. The summed E-state index contributed by atoms with van der Waals surface area (Å²) in [6.45, 7) is 1.51. The highest BCUT2D eigenvalue weighted by Gasteiger charge is 2.20. The predicted octanol–water partition coefficient (Wildman–Crippen LogP) is 1.40. The summed E-state index contributed by atoms with van der Waals surface area (Å²) in [4.78, 5) is 19.7. The Kier molecular flexibility index (Phi) is 4.27. The average Bonchev–Trinajstić information content (AvgIpc) is 2.38. The van der Waals surface area contributed by atoms with Gasteiger partial charge in [-0.2, -0.15) is 0 Å². The molecule has 2 heterocycles. The van der Waals surface area contributed by atoms with Gasteiger partial charge in [0.05, 0.1) is 11.7 Å². The van der Waals surface area contributed by atoms with Crippen LogP contribution in [-0.4, -0.2) is 54.2 Å². The Labute approximate surface area is 117 Å². The minimum Gasteiger partial charge on any atom is -0.393 e. The van der Waals surface area contributed by atoms with Crippen LogP contribution < -0.4 is 4.90 Å². The van der Waals surface area contributed by atoms with Crippen LogP contribution >= 0.6 is 11.6 Å². The standard InChI is InChI=1S/C13H18ClN3O2/c1-16(2)13(19)10-3-4-11(15-12(10)14)17-7-5-9(18)6-8-17/h3-4,9,18H,5-8H2,1-2H3. The molecule has 0 aliphatic carbocycles. The lowest BCUT2D eigenvalue weighted by Gasteiger charge is -2.30. The van der Waals surface area contributed by atoms with Crippen molar-refractivity contribution in [1.82, 2.24) is 9.88 Å². The Morgan fingerprint density at radius 3 is 2.58 bits per heavy atom. The van der Waals surface area contributed by atoms with Crippen LogP contribution in [0.3, 0.4) is 0 Å². The molecule has 1 amide bonds.